The number of ether oxygens (including phenoxy) is 1. The molecule has 3 rings (SSSR count). The van der Waals surface area contributed by atoms with E-state index in [2.05, 4.69) is 34.2 Å². The fourth-order valence-corrected chi connectivity index (χ4v) is 3.79. The third-order valence-corrected chi connectivity index (χ3v) is 5.12. The van der Waals surface area contributed by atoms with Gasteiger partial charge < -0.3 is 10.1 Å². The van der Waals surface area contributed by atoms with Crippen LogP contribution in [0.1, 0.15) is 21.7 Å². The number of carbonyl (C=O) groups excluding carboxylic acids is 1. The summed E-state index contributed by atoms with van der Waals surface area (Å²) >= 11 is 7.66. The Morgan fingerprint density at radius 2 is 2.15 bits per heavy atom. The summed E-state index contributed by atoms with van der Waals surface area (Å²) in [4.78, 5) is 12.4. The zero-order valence-corrected chi connectivity index (χ0v) is 16.4. The Labute approximate surface area is 161 Å². The summed E-state index contributed by atoms with van der Waals surface area (Å²) in [7, 11) is 1.53. The maximum Gasteiger partial charge on any atom is 0.255 e. The van der Waals surface area contributed by atoms with Gasteiger partial charge in [-0.05, 0) is 54.4 Å². The van der Waals surface area contributed by atoms with Gasteiger partial charge in [-0.3, -0.25) is 9.48 Å². The normalized spacial score (nSPS) is 10.8. The van der Waals surface area contributed by atoms with E-state index in [1.165, 1.54) is 12.7 Å². The summed E-state index contributed by atoms with van der Waals surface area (Å²) in [5.74, 6) is 0.279. The monoisotopic (exact) mass is 389 g/mol. The third-order valence-electron chi connectivity index (χ3n) is 4.21. The van der Waals surface area contributed by atoms with Crippen molar-refractivity contribution in [3.63, 3.8) is 0 Å². The van der Waals surface area contributed by atoms with Gasteiger partial charge in [0.25, 0.3) is 5.91 Å². The minimum absolute atomic E-state index is 0.219. The quantitative estimate of drug-likeness (QED) is 0.683. The first kappa shape index (κ1) is 18.5. The van der Waals surface area contributed by atoms with Crippen LogP contribution in [0.5, 0.6) is 5.75 Å². The van der Waals surface area contributed by atoms with Crippen molar-refractivity contribution < 1.29 is 9.53 Å². The Bertz CT molecular complexity index is 919. The zero-order valence-electron chi connectivity index (χ0n) is 14.9. The number of hydrogen-bond acceptors (Lipinski definition) is 4. The van der Waals surface area contributed by atoms with Crippen molar-refractivity contribution in [2.75, 3.05) is 13.7 Å². The molecule has 1 N–H and O–H groups in total. The number of aromatic nitrogens is 2. The molecule has 0 bridgehead atoms. The minimum atomic E-state index is -0.219. The summed E-state index contributed by atoms with van der Waals surface area (Å²) in [6.07, 6.45) is 0. The second-order valence-corrected chi connectivity index (χ2v) is 7.10. The molecule has 0 radical (unpaired) electrons. The Kier molecular flexibility index (Phi) is 5.64. The fourth-order valence-electron chi connectivity index (χ4n) is 2.97. The second kappa shape index (κ2) is 7.93. The smallest absolute Gasteiger partial charge is 0.255 e. The lowest BCUT2D eigenvalue weighted by Gasteiger charge is -2.10. The van der Waals surface area contributed by atoms with Crippen molar-refractivity contribution >= 4 is 28.8 Å². The van der Waals surface area contributed by atoms with Crippen LogP contribution in [0, 0.1) is 13.8 Å². The third kappa shape index (κ3) is 3.76. The molecule has 136 valence electrons. The first-order chi connectivity index (χ1) is 12.5. The zero-order chi connectivity index (χ0) is 18.7. The lowest BCUT2D eigenvalue weighted by molar-refractivity contribution is 0.0949. The van der Waals surface area contributed by atoms with Gasteiger partial charge in [-0.2, -0.15) is 16.4 Å². The summed E-state index contributed by atoms with van der Waals surface area (Å²) in [5.41, 5.74) is 4.85. The van der Waals surface area contributed by atoms with E-state index in [1.54, 1.807) is 29.5 Å². The van der Waals surface area contributed by atoms with Crippen molar-refractivity contribution in [1.82, 2.24) is 15.1 Å². The van der Waals surface area contributed by atoms with E-state index in [4.69, 9.17) is 16.3 Å². The molecule has 3 aromatic rings. The van der Waals surface area contributed by atoms with Crippen LogP contribution in [0.4, 0.5) is 0 Å². The molecule has 1 aromatic carbocycles. The number of hydrogen-bond donors (Lipinski definition) is 1. The van der Waals surface area contributed by atoms with Crippen molar-refractivity contribution in [2.45, 2.75) is 20.4 Å². The van der Waals surface area contributed by atoms with Crippen molar-refractivity contribution in [3.8, 4) is 16.9 Å². The van der Waals surface area contributed by atoms with Crippen LogP contribution in [0.25, 0.3) is 11.1 Å². The second-order valence-electron chi connectivity index (χ2n) is 5.88. The molecule has 0 aliphatic heterocycles. The largest absolute Gasteiger partial charge is 0.496 e. The Hall–Kier alpha value is -2.31. The SMILES string of the molecule is COc1ccc(Cl)cc1C(=O)NCCn1nc(C)c(-c2ccsc2)c1C. The summed E-state index contributed by atoms with van der Waals surface area (Å²) in [6.45, 7) is 5.10. The topological polar surface area (TPSA) is 56.1 Å². The van der Waals surface area contributed by atoms with E-state index >= 15 is 0 Å². The highest BCUT2D eigenvalue weighted by Crippen LogP contribution is 2.28. The average molecular weight is 390 g/mol. The van der Waals surface area contributed by atoms with Crippen LogP contribution in [0.3, 0.4) is 0 Å². The molecule has 2 aromatic heterocycles. The molecule has 5 nitrogen and oxygen atoms in total. The number of carbonyl (C=O) groups is 1. The predicted octanol–water partition coefficient (Wildman–Crippen LogP) is 4.32. The number of benzene rings is 1. The van der Waals surface area contributed by atoms with Gasteiger partial charge in [0, 0.05) is 22.8 Å². The molecule has 0 aliphatic rings. The minimum Gasteiger partial charge on any atom is -0.496 e. The predicted molar refractivity (Wildman–Crippen MR) is 105 cm³/mol. The number of methoxy groups -OCH3 is 1. The lowest BCUT2D eigenvalue weighted by Crippen LogP contribution is -2.28. The van der Waals surface area contributed by atoms with Gasteiger partial charge in [-0.25, -0.2) is 0 Å². The van der Waals surface area contributed by atoms with Crippen LogP contribution >= 0.6 is 22.9 Å². The van der Waals surface area contributed by atoms with E-state index in [1.807, 2.05) is 11.6 Å². The molecule has 0 unspecified atom stereocenters. The van der Waals surface area contributed by atoms with E-state index in [0.29, 0.717) is 29.4 Å². The molecule has 1 amide bonds. The summed E-state index contributed by atoms with van der Waals surface area (Å²) < 4.78 is 7.16. The number of nitrogens with zero attached hydrogens (tertiary/aromatic N) is 2. The fraction of sp³-hybridized carbons (Fsp3) is 0.263. The van der Waals surface area contributed by atoms with E-state index in [9.17, 15) is 4.79 Å². The number of amides is 1. The van der Waals surface area contributed by atoms with Gasteiger partial charge in [0.15, 0.2) is 0 Å². The Balaban J connectivity index is 1.68. The standard InChI is InChI=1S/C19H20ClN3O2S/c1-12-18(14-6-9-26-11-14)13(2)23(22-12)8-7-21-19(24)16-10-15(20)4-5-17(16)25-3/h4-6,9-11H,7-8H2,1-3H3,(H,21,24). The number of rotatable bonds is 6. The molecule has 0 aliphatic carbocycles. The van der Waals surface area contributed by atoms with Crippen LogP contribution in [-0.2, 0) is 6.54 Å². The first-order valence-electron chi connectivity index (χ1n) is 8.19. The molecule has 7 heteroatoms. The van der Waals surface area contributed by atoms with Gasteiger partial charge in [0.05, 0.1) is 24.9 Å². The van der Waals surface area contributed by atoms with E-state index in [0.717, 1.165) is 17.0 Å². The summed E-state index contributed by atoms with van der Waals surface area (Å²) in [5, 5.41) is 12.2. The van der Waals surface area contributed by atoms with Crippen molar-refractivity contribution in [1.29, 1.82) is 0 Å². The van der Waals surface area contributed by atoms with Gasteiger partial charge in [0.2, 0.25) is 0 Å². The number of halogens is 1. The molecular weight excluding hydrogens is 370 g/mol. The highest BCUT2D eigenvalue weighted by molar-refractivity contribution is 7.08. The van der Waals surface area contributed by atoms with E-state index in [-0.39, 0.29) is 5.91 Å². The van der Waals surface area contributed by atoms with Crippen molar-refractivity contribution in [2.24, 2.45) is 0 Å². The van der Waals surface area contributed by atoms with Crippen LogP contribution in [-0.4, -0.2) is 29.3 Å². The Morgan fingerprint density at radius 1 is 1.35 bits per heavy atom. The van der Waals surface area contributed by atoms with Crippen LogP contribution in [0.15, 0.2) is 35.0 Å². The molecule has 0 fully saturated rings. The Morgan fingerprint density at radius 3 is 2.85 bits per heavy atom. The molecule has 0 saturated carbocycles. The highest BCUT2D eigenvalue weighted by atomic mass is 35.5. The molecular formula is C19H20ClN3O2S. The molecule has 2 heterocycles. The number of nitrogens with one attached hydrogen (secondary N) is 1. The number of aryl methyl sites for hydroxylation is 1. The number of thiophene rings is 1. The summed E-state index contributed by atoms with van der Waals surface area (Å²) in [6, 6.07) is 7.08. The van der Waals surface area contributed by atoms with Crippen LogP contribution < -0.4 is 10.1 Å². The average Bonchev–Trinajstić information content (AvgIpc) is 3.23. The van der Waals surface area contributed by atoms with Gasteiger partial charge in [-0.15, -0.1) is 0 Å². The molecule has 26 heavy (non-hydrogen) atoms. The van der Waals surface area contributed by atoms with Crippen molar-refractivity contribution in [3.05, 3.63) is 57.0 Å². The molecule has 0 spiro atoms. The van der Waals surface area contributed by atoms with Gasteiger partial charge in [-0.1, -0.05) is 11.6 Å². The first-order valence-corrected chi connectivity index (χ1v) is 9.51. The lowest BCUT2D eigenvalue weighted by atomic mass is 10.1. The highest BCUT2D eigenvalue weighted by Gasteiger charge is 2.15. The van der Waals surface area contributed by atoms with E-state index < -0.39 is 0 Å². The van der Waals surface area contributed by atoms with Gasteiger partial charge in [0.1, 0.15) is 5.75 Å². The molecule has 0 atom stereocenters. The maximum atomic E-state index is 12.4. The molecule has 0 saturated heterocycles. The van der Waals surface area contributed by atoms with Gasteiger partial charge >= 0.3 is 0 Å². The van der Waals surface area contributed by atoms with Crippen LogP contribution in [0.2, 0.25) is 5.02 Å². The maximum absolute atomic E-state index is 12.4.